The van der Waals surface area contributed by atoms with Gasteiger partial charge < -0.3 is 14.7 Å². The molecule has 1 aliphatic heterocycles. The fourth-order valence-electron chi connectivity index (χ4n) is 3.42. The highest BCUT2D eigenvalue weighted by atomic mass is 16.6. The Bertz CT molecular complexity index is 331. The van der Waals surface area contributed by atoms with Gasteiger partial charge in [-0.1, -0.05) is 25.7 Å². The number of ether oxygens (including phenoxy) is 1. The number of aliphatic hydroxyl groups excluding tert-OH is 1. The number of amides is 1. The molecular weight excluding hydrogens is 254 g/mol. The van der Waals surface area contributed by atoms with E-state index in [1.165, 1.54) is 25.7 Å². The van der Waals surface area contributed by atoms with Gasteiger partial charge in [0.2, 0.25) is 0 Å². The third-order valence-electron chi connectivity index (χ3n) is 4.46. The molecule has 2 fully saturated rings. The lowest BCUT2D eigenvalue weighted by Gasteiger charge is -2.37. The minimum atomic E-state index is -0.450. The summed E-state index contributed by atoms with van der Waals surface area (Å²) in [5.41, 5.74) is -0.450. The molecule has 1 aliphatic carbocycles. The molecule has 0 bridgehead atoms. The van der Waals surface area contributed by atoms with Gasteiger partial charge in [-0.3, -0.25) is 0 Å². The summed E-state index contributed by atoms with van der Waals surface area (Å²) in [5.74, 6) is 0.965. The summed E-state index contributed by atoms with van der Waals surface area (Å²) in [4.78, 5) is 13.9. The normalized spacial score (nSPS) is 28.7. The van der Waals surface area contributed by atoms with Crippen molar-refractivity contribution in [1.82, 2.24) is 4.90 Å². The highest BCUT2D eigenvalue weighted by Crippen LogP contribution is 2.33. The highest BCUT2D eigenvalue weighted by Gasteiger charge is 2.34. The van der Waals surface area contributed by atoms with E-state index in [0.717, 1.165) is 12.3 Å². The predicted octanol–water partition coefficient (Wildman–Crippen LogP) is 3.18. The molecule has 116 valence electrons. The lowest BCUT2D eigenvalue weighted by molar-refractivity contribution is -0.0130. The zero-order valence-corrected chi connectivity index (χ0v) is 13.1. The van der Waals surface area contributed by atoms with Gasteiger partial charge in [-0.05, 0) is 39.5 Å². The quantitative estimate of drug-likeness (QED) is 0.846. The number of rotatable bonds is 2. The number of carbonyl (C=O) groups excluding carboxylic acids is 1. The molecule has 20 heavy (non-hydrogen) atoms. The van der Waals surface area contributed by atoms with Crippen molar-refractivity contribution in [2.75, 3.05) is 13.1 Å². The van der Waals surface area contributed by atoms with Crippen LogP contribution in [0.1, 0.15) is 59.3 Å². The van der Waals surface area contributed by atoms with Crippen molar-refractivity contribution < 1.29 is 14.6 Å². The number of nitrogens with zero attached hydrogens (tertiary/aromatic N) is 1. The van der Waals surface area contributed by atoms with E-state index in [1.54, 1.807) is 4.90 Å². The summed E-state index contributed by atoms with van der Waals surface area (Å²) < 4.78 is 5.44. The molecule has 4 heteroatoms. The highest BCUT2D eigenvalue weighted by molar-refractivity contribution is 5.68. The number of piperidine rings is 1. The molecule has 2 rings (SSSR count). The summed E-state index contributed by atoms with van der Waals surface area (Å²) in [6, 6.07) is 0. The number of hydrogen-bond acceptors (Lipinski definition) is 3. The predicted molar refractivity (Wildman–Crippen MR) is 78.5 cm³/mol. The Morgan fingerprint density at radius 2 is 1.90 bits per heavy atom. The third-order valence-corrected chi connectivity index (χ3v) is 4.46. The van der Waals surface area contributed by atoms with Crippen LogP contribution in [0.25, 0.3) is 0 Å². The second-order valence-electron chi connectivity index (χ2n) is 7.43. The maximum Gasteiger partial charge on any atom is 0.410 e. The minimum absolute atomic E-state index is 0.222. The van der Waals surface area contributed by atoms with E-state index >= 15 is 0 Å². The van der Waals surface area contributed by atoms with Gasteiger partial charge in [0.15, 0.2) is 0 Å². The number of hydrogen-bond donors (Lipinski definition) is 1. The summed E-state index contributed by atoms with van der Waals surface area (Å²) >= 11 is 0. The van der Waals surface area contributed by atoms with Crippen molar-refractivity contribution in [1.29, 1.82) is 0 Å². The molecule has 1 saturated heterocycles. The summed E-state index contributed by atoms with van der Waals surface area (Å²) in [6.07, 6.45) is 6.46. The molecule has 1 heterocycles. The molecule has 4 nitrogen and oxygen atoms in total. The molecule has 1 amide bonds. The van der Waals surface area contributed by atoms with Gasteiger partial charge in [-0.2, -0.15) is 0 Å². The summed E-state index contributed by atoms with van der Waals surface area (Å²) in [6.45, 7) is 6.92. The zero-order valence-electron chi connectivity index (χ0n) is 13.1. The monoisotopic (exact) mass is 283 g/mol. The Hall–Kier alpha value is -0.770. The third kappa shape index (κ3) is 4.37. The largest absolute Gasteiger partial charge is 0.444 e. The molecular formula is C16H29NO3. The number of aliphatic hydroxyl groups is 1. The van der Waals surface area contributed by atoms with Gasteiger partial charge in [-0.25, -0.2) is 4.79 Å². The van der Waals surface area contributed by atoms with E-state index in [1.807, 2.05) is 20.8 Å². The van der Waals surface area contributed by atoms with Crippen LogP contribution in [0.15, 0.2) is 0 Å². The van der Waals surface area contributed by atoms with Crippen LogP contribution in [0.3, 0.4) is 0 Å². The maximum absolute atomic E-state index is 12.1. The van der Waals surface area contributed by atoms with Crippen LogP contribution in [0.4, 0.5) is 4.79 Å². The number of likely N-dealkylation sites (tertiary alicyclic amines) is 1. The molecule has 1 N–H and O–H groups in total. The molecule has 0 aromatic carbocycles. The first-order chi connectivity index (χ1) is 9.35. The van der Waals surface area contributed by atoms with E-state index < -0.39 is 5.60 Å². The first-order valence-corrected chi connectivity index (χ1v) is 8.01. The fraction of sp³-hybridized carbons (Fsp3) is 0.938. The van der Waals surface area contributed by atoms with E-state index in [-0.39, 0.29) is 18.1 Å². The van der Waals surface area contributed by atoms with Crippen LogP contribution in [0.2, 0.25) is 0 Å². The lowest BCUT2D eigenvalue weighted by atomic mass is 9.85. The van der Waals surface area contributed by atoms with Crippen molar-refractivity contribution >= 4 is 6.09 Å². The van der Waals surface area contributed by atoms with E-state index in [9.17, 15) is 9.90 Å². The van der Waals surface area contributed by atoms with E-state index in [0.29, 0.717) is 19.5 Å². The van der Waals surface area contributed by atoms with Crippen LogP contribution in [0, 0.1) is 11.8 Å². The average molecular weight is 283 g/mol. The van der Waals surface area contributed by atoms with Crippen LogP contribution >= 0.6 is 0 Å². The fourth-order valence-corrected chi connectivity index (χ4v) is 3.42. The van der Waals surface area contributed by atoms with E-state index in [4.69, 9.17) is 4.74 Å². The molecule has 0 aromatic heterocycles. The molecule has 0 spiro atoms. The topological polar surface area (TPSA) is 49.8 Å². The molecule has 1 saturated carbocycles. The van der Waals surface area contributed by atoms with Crippen molar-refractivity contribution in [2.24, 2.45) is 11.8 Å². The second-order valence-corrected chi connectivity index (χ2v) is 7.43. The van der Waals surface area contributed by atoms with Crippen molar-refractivity contribution in [2.45, 2.75) is 71.0 Å². The first-order valence-electron chi connectivity index (χ1n) is 8.01. The Morgan fingerprint density at radius 3 is 2.50 bits per heavy atom. The van der Waals surface area contributed by atoms with Crippen LogP contribution in [-0.4, -0.2) is 40.9 Å². The lowest BCUT2D eigenvalue weighted by Crippen LogP contribution is -2.48. The molecule has 0 aromatic rings. The van der Waals surface area contributed by atoms with E-state index in [2.05, 4.69) is 0 Å². The minimum Gasteiger partial charge on any atom is -0.444 e. The first kappa shape index (κ1) is 15.6. The average Bonchev–Trinajstić information content (AvgIpc) is 2.82. The van der Waals surface area contributed by atoms with Gasteiger partial charge in [0, 0.05) is 19.0 Å². The summed E-state index contributed by atoms with van der Waals surface area (Å²) in [7, 11) is 0. The molecule has 0 radical (unpaired) electrons. The molecule has 2 aliphatic rings. The van der Waals surface area contributed by atoms with Crippen LogP contribution < -0.4 is 0 Å². The second kappa shape index (κ2) is 6.33. The Balaban J connectivity index is 1.88. The van der Waals surface area contributed by atoms with Crippen LogP contribution in [0.5, 0.6) is 0 Å². The van der Waals surface area contributed by atoms with Gasteiger partial charge >= 0.3 is 6.09 Å². The summed E-state index contributed by atoms with van der Waals surface area (Å²) in [5, 5.41) is 10.2. The van der Waals surface area contributed by atoms with Crippen molar-refractivity contribution in [3.8, 4) is 0 Å². The SMILES string of the molecule is CC(C)(C)OC(=O)N1CCC(O)C(CC2CCCC2)C1. The smallest absolute Gasteiger partial charge is 0.410 e. The van der Waals surface area contributed by atoms with Crippen molar-refractivity contribution in [3.63, 3.8) is 0 Å². The molecule has 2 unspecified atom stereocenters. The number of carbonyl (C=O) groups is 1. The van der Waals surface area contributed by atoms with Gasteiger partial charge in [0.25, 0.3) is 0 Å². The Labute approximate surface area is 122 Å². The zero-order chi connectivity index (χ0) is 14.8. The van der Waals surface area contributed by atoms with Gasteiger partial charge in [-0.15, -0.1) is 0 Å². The Kier molecular flexibility index (Phi) is 4.95. The maximum atomic E-state index is 12.1. The molecule has 2 atom stereocenters. The van der Waals surface area contributed by atoms with Gasteiger partial charge in [0.1, 0.15) is 5.60 Å². The van der Waals surface area contributed by atoms with Crippen molar-refractivity contribution in [3.05, 3.63) is 0 Å². The standard InChI is InChI=1S/C16H29NO3/c1-16(2,3)20-15(19)17-9-8-14(18)13(11-17)10-12-6-4-5-7-12/h12-14,18H,4-11H2,1-3H3. The Morgan fingerprint density at radius 1 is 1.25 bits per heavy atom. The van der Waals surface area contributed by atoms with Gasteiger partial charge in [0.05, 0.1) is 6.10 Å². The van der Waals surface area contributed by atoms with Crippen LogP contribution in [-0.2, 0) is 4.74 Å².